The van der Waals surface area contributed by atoms with Crippen LogP contribution in [0.15, 0.2) is 91.1 Å². The summed E-state index contributed by atoms with van der Waals surface area (Å²) in [6.07, 6.45) is 2.70. The highest BCUT2D eigenvalue weighted by molar-refractivity contribution is 5.90. The van der Waals surface area contributed by atoms with Crippen molar-refractivity contribution < 1.29 is 0 Å². The van der Waals surface area contributed by atoms with E-state index in [1.54, 1.807) is 0 Å². The van der Waals surface area contributed by atoms with Gasteiger partial charge in [0, 0.05) is 12.2 Å². The second kappa shape index (κ2) is 8.89. The second-order valence-electron chi connectivity index (χ2n) is 7.68. The van der Waals surface area contributed by atoms with Crippen molar-refractivity contribution in [3.63, 3.8) is 0 Å². The highest BCUT2D eigenvalue weighted by Gasteiger charge is 2.14. The van der Waals surface area contributed by atoms with Crippen LogP contribution in [0.2, 0.25) is 0 Å². The molecule has 0 fully saturated rings. The van der Waals surface area contributed by atoms with Crippen LogP contribution in [0.3, 0.4) is 0 Å². The fourth-order valence-corrected chi connectivity index (χ4v) is 3.66. The Balaban J connectivity index is 1.50. The van der Waals surface area contributed by atoms with Crippen molar-refractivity contribution in [3.05, 3.63) is 102 Å². The second-order valence-corrected chi connectivity index (χ2v) is 7.68. The molecule has 2 aromatic heterocycles. The van der Waals surface area contributed by atoms with Crippen LogP contribution in [-0.4, -0.2) is 26.3 Å². The number of aryl methyl sites for hydroxylation is 1. The Morgan fingerprint density at radius 1 is 0.844 bits per heavy atom. The van der Waals surface area contributed by atoms with Gasteiger partial charge in [-0.1, -0.05) is 60.7 Å². The topological polar surface area (TPSA) is 67.7 Å². The lowest BCUT2D eigenvalue weighted by molar-refractivity contribution is 0.893. The maximum absolute atomic E-state index is 4.80. The highest BCUT2D eigenvalue weighted by atomic mass is 15.3. The molecule has 0 saturated carbocycles. The van der Waals surface area contributed by atoms with Crippen LogP contribution >= 0.6 is 0 Å². The van der Waals surface area contributed by atoms with Gasteiger partial charge in [-0.05, 0) is 48.7 Å². The summed E-state index contributed by atoms with van der Waals surface area (Å²) in [6.45, 7) is 2.81. The summed E-state index contributed by atoms with van der Waals surface area (Å²) in [6, 6.07) is 28.6. The average Bonchev–Trinajstić information content (AvgIpc) is 3.25. The molecule has 5 rings (SSSR count). The lowest BCUT2D eigenvalue weighted by Crippen LogP contribution is -2.10. The van der Waals surface area contributed by atoms with E-state index in [9.17, 15) is 0 Å². The van der Waals surface area contributed by atoms with Gasteiger partial charge in [-0.25, -0.2) is 4.68 Å². The fourth-order valence-electron chi connectivity index (χ4n) is 3.66. The van der Waals surface area contributed by atoms with Crippen molar-refractivity contribution in [2.45, 2.75) is 13.3 Å². The number of para-hydroxylation sites is 1. The minimum Gasteiger partial charge on any atom is -0.354 e. The zero-order chi connectivity index (χ0) is 21.8. The van der Waals surface area contributed by atoms with E-state index < -0.39 is 0 Å². The van der Waals surface area contributed by atoms with Gasteiger partial charge in [0.1, 0.15) is 5.82 Å². The molecule has 0 aliphatic rings. The van der Waals surface area contributed by atoms with E-state index in [-0.39, 0.29) is 0 Å². The fraction of sp³-hybridized carbons (Fsp3) is 0.115. The molecule has 0 aliphatic heterocycles. The largest absolute Gasteiger partial charge is 0.354 e. The lowest BCUT2D eigenvalue weighted by atomic mass is 10.1. The van der Waals surface area contributed by atoms with Gasteiger partial charge < -0.3 is 10.6 Å². The summed E-state index contributed by atoms with van der Waals surface area (Å²) in [5.41, 5.74) is 5.14. The maximum atomic E-state index is 4.80. The quantitative estimate of drug-likeness (QED) is 0.363. The molecule has 6 heteroatoms. The van der Waals surface area contributed by atoms with Crippen molar-refractivity contribution in [1.29, 1.82) is 0 Å². The summed E-state index contributed by atoms with van der Waals surface area (Å²) in [5, 5.41) is 12.3. The molecular weight excluding hydrogens is 396 g/mol. The van der Waals surface area contributed by atoms with E-state index >= 15 is 0 Å². The molecule has 0 spiro atoms. The molecule has 0 radical (unpaired) electrons. The first-order chi connectivity index (χ1) is 15.8. The summed E-state index contributed by atoms with van der Waals surface area (Å²) < 4.78 is 1.85. The molecule has 6 nitrogen and oxygen atoms in total. The standard InChI is InChI=1S/C26H24N6/c1-19-9-8-12-21(17-19)29-24-23-18-28-32(22-13-6-3-7-14-22)25(23)31-26(30-24)27-16-15-20-10-4-2-5-11-20/h2-14,17-18H,15-16H2,1H3,(H2,27,29,30,31). The van der Waals surface area contributed by atoms with Crippen molar-refractivity contribution in [3.8, 4) is 5.69 Å². The molecule has 3 aromatic carbocycles. The van der Waals surface area contributed by atoms with Crippen molar-refractivity contribution in [2.24, 2.45) is 0 Å². The Labute approximate surface area is 187 Å². The number of anilines is 3. The predicted octanol–water partition coefficient (Wildman–Crippen LogP) is 5.52. The van der Waals surface area contributed by atoms with Crippen LogP contribution in [0.1, 0.15) is 11.1 Å². The molecule has 0 atom stereocenters. The van der Waals surface area contributed by atoms with Crippen molar-refractivity contribution in [1.82, 2.24) is 19.7 Å². The monoisotopic (exact) mass is 420 g/mol. The van der Waals surface area contributed by atoms with Gasteiger partial charge in [0.15, 0.2) is 5.65 Å². The van der Waals surface area contributed by atoms with Crippen LogP contribution in [0.5, 0.6) is 0 Å². The van der Waals surface area contributed by atoms with E-state index in [0.29, 0.717) is 5.95 Å². The van der Waals surface area contributed by atoms with Gasteiger partial charge in [0.2, 0.25) is 5.95 Å². The van der Waals surface area contributed by atoms with Gasteiger partial charge in [-0.3, -0.25) is 0 Å². The van der Waals surface area contributed by atoms with Crippen LogP contribution in [0.25, 0.3) is 16.7 Å². The summed E-state index contributed by atoms with van der Waals surface area (Å²) in [5.74, 6) is 1.30. The van der Waals surface area contributed by atoms with E-state index in [0.717, 1.165) is 41.2 Å². The third kappa shape index (κ3) is 4.30. The molecule has 5 aromatic rings. The number of hydrogen-bond acceptors (Lipinski definition) is 5. The van der Waals surface area contributed by atoms with E-state index in [4.69, 9.17) is 9.97 Å². The molecule has 158 valence electrons. The number of rotatable bonds is 7. The first kappa shape index (κ1) is 19.8. The Bertz CT molecular complexity index is 1330. The Morgan fingerprint density at radius 2 is 1.62 bits per heavy atom. The smallest absolute Gasteiger partial charge is 0.226 e. The first-order valence-corrected chi connectivity index (χ1v) is 10.7. The molecule has 0 saturated heterocycles. The van der Waals surface area contributed by atoms with E-state index in [2.05, 4.69) is 59.1 Å². The minimum absolute atomic E-state index is 0.571. The van der Waals surface area contributed by atoms with Crippen LogP contribution in [-0.2, 0) is 6.42 Å². The number of hydrogen-bond donors (Lipinski definition) is 2. The Morgan fingerprint density at radius 3 is 2.41 bits per heavy atom. The SMILES string of the molecule is Cc1cccc(Nc2nc(NCCc3ccccc3)nc3c2cnn3-c2ccccc2)c1. The number of nitrogens with one attached hydrogen (secondary N) is 2. The lowest BCUT2D eigenvalue weighted by Gasteiger charge is -2.11. The minimum atomic E-state index is 0.571. The highest BCUT2D eigenvalue weighted by Crippen LogP contribution is 2.27. The molecule has 2 heterocycles. The summed E-state index contributed by atoms with van der Waals surface area (Å²) in [7, 11) is 0. The summed E-state index contributed by atoms with van der Waals surface area (Å²) >= 11 is 0. The molecule has 2 N–H and O–H groups in total. The average molecular weight is 421 g/mol. The Kier molecular flexibility index (Phi) is 5.49. The van der Waals surface area contributed by atoms with E-state index in [1.807, 2.05) is 59.4 Å². The Hall–Kier alpha value is -4.19. The maximum Gasteiger partial charge on any atom is 0.226 e. The molecule has 0 unspecified atom stereocenters. The first-order valence-electron chi connectivity index (χ1n) is 10.7. The van der Waals surface area contributed by atoms with E-state index in [1.165, 1.54) is 11.1 Å². The normalized spacial score (nSPS) is 10.9. The van der Waals surface area contributed by atoms with Gasteiger partial charge in [-0.2, -0.15) is 15.1 Å². The van der Waals surface area contributed by atoms with Gasteiger partial charge in [-0.15, -0.1) is 0 Å². The summed E-state index contributed by atoms with van der Waals surface area (Å²) in [4.78, 5) is 9.58. The van der Waals surface area contributed by atoms with Crippen LogP contribution in [0.4, 0.5) is 17.5 Å². The molecule has 0 aliphatic carbocycles. The van der Waals surface area contributed by atoms with Gasteiger partial charge in [0.25, 0.3) is 0 Å². The third-order valence-corrected chi connectivity index (χ3v) is 5.25. The third-order valence-electron chi connectivity index (χ3n) is 5.25. The zero-order valence-electron chi connectivity index (χ0n) is 17.9. The van der Waals surface area contributed by atoms with Crippen LogP contribution < -0.4 is 10.6 Å². The zero-order valence-corrected chi connectivity index (χ0v) is 17.9. The predicted molar refractivity (Wildman–Crippen MR) is 130 cm³/mol. The van der Waals surface area contributed by atoms with Gasteiger partial charge >= 0.3 is 0 Å². The van der Waals surface area contributed by atoms with Crippen molar-refractivity contribution >= 4 is 28.5 Å². The molecule has 0 amide bonds. The number of aromatic nitrogens is 4. The van der Waals surface area contributed by atoms with Gasteiger partial charge in [0.05, 0.1) is 17.3 Å². The molecular formula is C26H24N6. The number of nitrogens with zero attached hydrogens (tertiary/aromatic N) is 4. The molecule has 0 bridgehead atoms. The molecule has 32 heavy (non-hydrogen) atoms. The van der Waals surface area contributed by atoms with Crippen LogP contribution in [0, 0.1) is 6.92 Å². The van der Waals surface area contributed by atoms with Crippen molar-refractivity contribution in [2.75, 3.05) is 17.2 Å². The number of fused-ring (bicyclic) bond motifs is 1. The number of benzene rings is 3.